The number of nitrogens with two attached hydrogens (primary N) is 1. The highest BCUT2D eigenvalue weighted by Gasteiger charge is 2.10. The molecule has 0 fully saturated rings. The Morgan fingerprint density at radius 3 is 2.50 bits per heavy atom. The van der Waals surface area contributed by atoms with E-state index in [0.717, 1.165) is 19.3 Å². The summed E-state index contributed by atoms with van der Waals surface area (Å²) in [5, 5.41) is 8.52. The third-order valence-electron chi connectivity index (χ3n) is 1.64. The van der Waals surface area contributed by atoms with Gasteiger partial charge in [-0.3, -0.25) is 4.79 Å². The molecule has 0 aromatic heterocycles. The van der Waals surface area contributed by atoms with Gasteiger partial charge >= 0.3 is 0 Å². The summed E-state index contributed by atoms with van der Waals surface area (Å²) in [5.41, 5.74) is 5.30. The maximum Gasteiger partial charge on any atom is 0.151 e. The highest BCUT2D eigenvalue weighted by molar-refractivity contribution is 5.85. The van der Waals surface area contributed by atoms with Crippen molar-refractivity contribution in [3.63, 3.8) is 0 Å². The monoisotopic (exact) mass is 195 g/mol. The third kappa shape index (κ3) is 6.58. The Hall–Kier alpha value is -0.120. The first-order valence-corrected chi connectivity index (χ1v) is 4.11. The second-order valence-corrected chi connectivity index (χ2v) is 2.71. The van der Waals surface area contributed by atoms with Gasteiger partial charge in [-0.1, -0.05) is 19.8 Å². The van der Waals surface area contributed by atoms with Crippen LogP contribution in [0, 0.1) is 0 Å². The van der Waals surface area contributed by atoms with Crippen molar-refractivity contribution in [2.24, 2.45) is 5.73 Å². The Morgan fingerprint density at radius 2 is 2.08 bits per heavy atom. The van der Waals surface area contributed by atoms with Crippen LogP contribution in [-0.4, -0.2) is 23.5 Å². The standard InChI is InChI=1S/C8H17NO2.ClH/c1-2-3-4-5-8(11)7(9)6-10;/h7,10H,2-6,9H2,1H3;1H. The quantitative estimate of drug-likeness (QED) is 0.619. The van der Waals surface area contributed by atoms with Crippen molar-refractivity contribution in [2.75, 3.05) is 6.61 Å². The van der Waals surface area contributed by atoms with Gasteiger partial charge in [0.25, 0.3) is 0 Å². The zero-order valence-corrected chi connectivity index (χ0v) is 8.27. The summed E-state index contributed by atoms with van der Waals surface area (Å²) in [5.74, 6) is -0.0269. The smallest absolute Gasteiger partial charge is 0.151 e. The fraction of sp³-hybridized carbons (Fsp3) is 0.875. The molecule has 3 N–H and O–H groups in total. The van der Waals surface area contributed by atoms with Crippen molar-refractivity contribution in [1.82, 2.24) is 0 Å². The van der Waals surface area contributed by atoms with Gasteiger partial charge in [-0.15, -0.1) is 12.4 Å². The molecule has 0 amide bonds. The number of hydrogen-bond acceptors (Lipinski definition) is 3. The average molecular weight is 196 g/mol. The Labute approximate surface area is 79.7 Å². The molecule has 0 rings (SSSR count). The van der Waals surface area contributed by atoms with Crippen LogP contribution in [0.25, 0.3) is 0 Å². The molecule has 12 heavy (non-hydrogen) atoms. The lowest BCUT2D eigenvalue weighted by Gasteiger charge is -2.05. The minimum Gasteiger partial charge on any atom is -0.394 e. The van der Waals surface area contributed by atoms with E-state index in [1.54, 1.807) is 0 Å². The number of aliphatic hydroxyl groups is 1. The van der Waals surface area contributed by atoms with Crippen LogP contribution in [0.2, 0.25) is 0 Å². The van der Waals surface area contributed by atoms with E-state index in [1.807, 2.05) is 0 Å². The zero-order valence-electron chi connectivity index (χ0n) is 7.45. The number of rotatable bonds is 6. The Bertz CT molecular complexity index is 120. The van der Waals surface area contributed by atoms with Gasteiger partial charge in [-0.25, -0.2) is 0 Å². The molecule has 0 aromatic carbocycles. The predicted octanol–water partition coefficient (Wildman–Crippen LogP) is 0.877. The normalized spacial score (nSPS) is 11.9. The van der Waals surface area contributed by atoms with Crippen LogP contribution in [0.3, 0.4) is 0 Å². The van der Waals surface area contributed by atoms with E-state index in [0.29, 0.717) is 6.42 Å². The number of aliphatic hydroxyl groups excluding tert-OH is 1. The molecule has 0 aliphatic rings. The molecule has 0 bridgehead atoms. The summed E-state index contributed by atoms with van der Waals surface area (Å²) in [6.45, 7) is 1.85. The van der Waals surface area contributed by atoms with Crippen molar-refractivity contribution < 1.29 is 9.90 Å². The molecule has 0 saturated carbocycles. The maximum atomic E-state index is 11.0. The molecule has 3 nitrogen and oxygen atoms in total. The summed E-state index contributed by atoms with van der Waals surface area (Å²) in [4.78, 5) is 11.0. The van der Waals surface area contributed by atoms with Gasteiger partial charge in [0.1, 0.15) is 0 Å². The lowest BCUT2D eigenvalue weighted by Crippen LogP contribution is -2.33. The molecule has 4 heteroatoms. The Morgan fingerprint density at radius 1 is 1.50 bits per heavy atom. The number of Topliss-reactive ketones (excluding diaryl/α,β-unsaturated/α-hetero) is 1. The average Bonchev–Trinajstić information content (AvgIpc) is 2.03. The molecule has 1 atom stereocenters. The summed E-state index contributed by atoms with van der Waals surface area (Å²) in [6.07, 6.45) is 3.56. The van der Waals surface area contributed by atoms with Crippen LogP contribution in [-0.2, 0) is 4.79 Å². The van der Waals surface area contributed by atoms with Gasteiger partial charge in [0.15, 0.2) is 5.78 Å². The molecule has 0 radical (unpaired) electrons. The molecule has 1 unspecified atom stereocenters. The van der Waals surface area contributed by atoms with Gasteiger partial charge in [0, 0.05) is 6.42 Å². The largest absolute Gasteiger partial charge is 0.394 e. The topological polar surface area (TPSA) is 63.3 Å². The van der Waals surface area contributed by atoms with E-state index < -0.39 is 6.04 Å². The van der Waals surface area contributed by atoms with Crippen LogP contribution in [0.15, 0.2) is 0 Å². The molecular formula is C8H18ClNO2. The highest BCUT2D eigenvalue weighted by atomic mass is 35.5. The molecular weight excluding hydrogens is 178 g/mol. The van der Waals surface area contributed by atoms with Crippen molar-refractivity contribution in [3.05, 3.63) is 0 Å². The molecule has 0 heterocycles. The fourth-order valence-electron chi connectivity index (χ4n) is 0.836. The molecule has 0 aromatic rings. The second-order valence-electron chi connectivity index (χ2n) is 2.71. The van der Waals surface area contributed by atoms with Crippen molar-refractivity contribution in [3.8, 4) is 0 Å². The van der Waals surface area contributed by atoms with E-state index in [4.69, 9.17) is 10.8 Å². The van der Waals surface area contributed by atoms with E-state index in [2.05, 4.69) is 6.92 Å². The minimum atomic E-state index is -0.660. The van der Waals surface area contributed by atoms with Gasteiger partial charge < -0.3 is 10.8 Å². The third-order valence-corrected chi connectivity index (χ3v) is 1.64. The lowest BCUT2D eigenvalue weighted by atomic mass is 10.1. The molecule has 0 aliphatic carbocycles. The van der Waals surface area contributed by atoms with Gasteiger partial charge in [-0.2, -0.15) is 0 Å². The summed E-state index contributed by atoms with van der Waals surface area (Å²) in [6, 6.07) is -0.660. The van der Waals surface area contributed by atoms with Crippen molar-refractivity contribution in [1.29, 1.82) is 0 Å². The molecule has 0 aliphatic heterocycles. The van der Waals surface area contributed by atoms with E-state index in [1.165, 1.54) is 0 Å². The number of ketones is 1. The first-order valence-electron chi connectivity index (χ1n) is 4.11. The fourth-order valence-corrected chi connectivity index (χ4v) is 0.836. The molecule has 74 valence electrons. The maximum absolute atomic E-state index is 11.0. The van der Waals surface area contributed by atoms with E-state index >= 15 is 0 Å². The molecule has 0 spiro atoms. The van der Waals surface area contributed by atoms with Crippen molar-refractivity contribution in [2.45, 2.75) is 38.6 Å². The molecule has 0 saturated heterocycles. The van der Waals surface area contributed by atoms with Crippen LogP contribution in [0.5, 0.6) is 0 Å². The van der Waals surface area contributed by atoms with Crippen LogP contribution in [0.1, 0.15) is 32.6 Å². The SMILES string of the molecule is CCCCCC(=O)C(N)CO.Cl. The number of unbranched alkanes of at least 4 members (excludes halogenated alkanes) is 2. The number of halogens is 1. The summed E-state index contributed by atoms with van der Waals surface area (Å²) < 4.78 is 0. The van der Waals surface area contributed by atoms with Gasteiger partial charge in [0.2, 0.25) is 0 Å². The highest BCUT2D eigenvalue weighted by Crippen LogP contribution is 2.00. The van der Waals surface area contributed by atoms with Crippen LogP contribution >= 0.6 is 12.4 Å². The lowest BCUT2D eigenvalue weighted by molar-refractivity contribution is -0.121. The zero-order chi connectivity index (χ0) is 8.69. The second kappa shape index (κ2) is 8.97. The minimum absolute atomic E-state index is 0. The Kier molecular flexibility index (Phi) is 10.8. The summed E-state index contributed by atoms with van der Waals surface area (Å²) in [7, 11) is 0. The van der Waals surface area contributed by atoms with Crippen LogP contribution in [0.4, 0.5) is 0 Å². The van der Waals surface area contributed by atoms with Crippen LogP contribution < -0.4 is 5.73 Å². The first-order chi connectivity index (χ1) is 5.22. The van der Waals surface area contributed by atoms with E-state index in [9.17, 15) is 4.79 Å². The first kappa shape index (κ1) is 14.4. The number of carbonyl (C=O) groups is 1. The van der Waals surface area contributed by atoms with Crippen molar-refractivity contribution >= 4 is 18.2 Å². The number of carbonyl (C=O) groups excluding carboxylic acids is 1. The van der Waals surface area contributed by atoms with Gasteiger partial charge in [0.05, 0.1) is 12.6 Å². The Balaban J connectivity index is 0. The van der Waals surface area contributed by atoms with E-state index in [-0.39, 0.29) is 24.8 Å². The van der Waals surface area contributed by atoms with Gasteiger partial charge in [-0.05, 0) is 6.42 Å². The number of hydrogen-bond donors (Lipinski definition) is 2. The summed E-state index contributed by atoms with van der Waals surface area (Å²) >= 11 is 0. The predicted molar refractivity (Wildman–Crippen MR) is 51.5 cm³/mol.